The number of hydrogen-bond donors (Lipinski definition) is 1. The normalized spacial score (nSPS) is 18.2. The van der Waals surface area contributed by atoms with E-state index in [9.17, 15) is 8.42 Å². The van der Waals surface area contributed by atoms with Crippen LogP contribution in [0.4, 0.5) is 0 Å². The van der Waals surface area contributed by atoms with E-state index in [0.29, 0.717) is 11.6 Å². The Morgan fingerprint density at radius 3 is 2.75 bits per heavy atom. The first kappa shape index (κ1) is 15.4. The van der Waals surface area contributed by atoms with Gasteiger partial charge in [0.1, 0.15) is 0 Å². The zero-order valence-corrected chi connectivity index (χ0v) is 14.0. The molecular weight excluding hydrogens is 322 g/mol. The molecule has 0 aliphatic carbocycles. The molecular formula is C18H19N3O2S. The summed E-state index contributed by atoms with van der Waals surface area (Å²) >= 11 is 0. The van der Waals surface area contributed by atoms with E-state index in [1.807, 2.05) is 12.1 Å². The molecule has 1 fully saturated rings. The number of nitrogens with zero attached hydrogens (tertiary/aromatic N) is 2. The maximum atomic E-state index is 13.0. The third kappa shape index (κ3) is 2.61. The molecule has 1 atom stereocenters. The van der Waals surface area contributed by atoms with Crippen molar-refractivity contribution < 1.29 is 8.42 Å². The van der Waals surface area contributed by atoms with Gasteiger partial charge in [-0.25, -0.2) is 12.4 Å². The molecule has 2 aromatic heterocycles. The van der Waals surface area contributed by atoms with Crippen LogP contribution in [0.2, 0.25) is 0 Å². The van der Waals surface area contributed by atoms with Crippen molar-refractivity contribution in [3.05, 3.63) is 60.4 Å². The molecule has 3 aromatic rings. The third-order valence-electron chi connectivity index (χ3n) is 4.53. The van der Waals surface area contributed by atoms with E-state index in [-0.39, 0.29) is 4.90 Å². The molecule has 0 bridgehead atoms. The van der Waals surface area contributed by atoms with Crippen molar-refractivity contribution in [3.8, 4) is 0 Å². The molecule has 0 radical (unpaired) electrons. The van der Waals surface area contributed by atoms with E-state index in [1.165, 1.54) is 10.4 Å². The summed E-state index contributed by atoms with van der Waals surface area (Å²) in [6.45, 7) is 1.03. The average Bonchev–Trinajstić information content (AvgIpc) is 3.25. The molecule has 5 nitrogen and oxygen atoms in total. The minimum absolute atomic E-state index is 0.288. The lowest BCUT2D eigenvalue weighted by Crippen LogP contribution is -2.23. The van der Waals surface area contributed by atoms with Crippen LogP contribution in [0.15, 0.2) is 59.8 Å². The van der Waals surface area contributed by atoms with Gasteiger partial charge in [0.25, 0.3) is 10.0 Å². The number of hydrogen-bond acceptors (Lipinski definition) is 4. The van der Waals surface area contributed by atoms with Crippen LogP contribution in [-0.4, -0.2) is 30.0 Å². The van der Waals surface area contributed by atoms with Crippen LogP contribution < -0.4 is 5.32 Å². The summed E-state index contributed by atoms with van der Waals surface area (Å²) in [6, 6.07) is 12.5. The van der Waals surface area contributed by atoms with Gasteiger partial charge in [-0.15, -0.1) is 0 Å². The Balaban J connectivity index is 1.84. The van der Waals surface area contributed by atoms with E-state index in [4.69, 9.17) is 0 Å². The highest BCUT2D eigenvalue weighted by molar-refractivity contribution is 7.90. The molecule has 0 amide bonds. The third-order valence-corrected chi connectivity index (χ3v) is 6.22. The van der Waals surface area contributed by atoms with Gasteiger partial charge in [-0.1, -0.05) is 18.2 Å². The van der Waals surface area contributed by atoms with Crippen molar-refractivity contribution in [2.24, 2.45) is 0 Å². The van der Waals surface area contributed by atoms with Gasteiger partial charge in [-0.2, -0.15) is 0 Å². The van der Waals surface area contributed by atoms with Gasteiger partial charge >= 0.3 is 0 Å². The molecule has 0 spiro atoms. The Bertz CT molecular complexity index is 958. The van der Waals surface area contributed by atoms with Crippen LogP contribution in [-0.2, 0) is 16.4 Å². The van der Waals surface area contributed by atoms with E-state index in [1.54, 1.807) is 42.7 Å². The Labute approximate surface area is 141 Å². The van der Waals surface area contributed by atoms with Gasteiger partial charge < -0.3 is 5.32 Å². The Morgan fingerprint density at radius 1 is 1.17 bits per heavy atom. The number of aromatic nitrogens is 2. The van der Waals surface area contributed by atoms with Gasteiger partial charge in [-0.05, 0) is 55.6 Å². The highest BCUT2D eigenvalue weighted by atomic mass is 32.2. The fourth-order valence-electron chi connectivity index (χ4n) is 3.34. The lowest BCUT2D eigenvalue weighted by atomic mass is 10.1. The SMILES string of the molecule is O=S(=O)(c1ccccc1)n1cc(C[C@@H]2CCCN2)c2ncccc21. The fraction of sp³-hybridized carbons (Fsp3) is 0.278. The zero-order chi connectivity index (χ0) is 16.6. The molecule has 3 heterocycles. The number of rotatable bonds is 4. The van der Waals surface area contributed by atoms with Crippen LogP contribution in [0.5, 0.6) is 0 Å². The largest absolute Gasteiger partial charge is 0.314 e. The van der Waals surface area contributed by atoms with Crippen LogP contribution in [0.25, 0.3) is 11.0 Å². The summed E-state index contributed by atoms with van der Waals surface area (Å²) in [5, 5.41) is 3.46. The summed E-state index contributed by atoms with van der Waals surface area (Å²) in [7, 11) is -3.62. The van der Waals surface area contributed by atoms with Crippen molar-refractivity contribution in [1.29, 1.82) is 0 Å². The van der Waals surface area contributed by atoms with Gasteiger partial charge in [0.05, 0.1) is 15.9 Å². The Hall–Kier alpha value is -2.18. The molecule has 0 saturated carbocycles. The van der Waals surface area contributed by atoms with Gasteiger partial charge in [-0.3, -0.25) is 4.98 Å². The molecule has 24 heavy (non-hydrogen) atoms. The van der Waals surface area contributed by atoms with Crippen molar-refractivity contribution >= 4 is 21.1 Å². The number of fused-ring (bicyclic) bond motifs is 1. The minimum Gasteiger partial charge on any atom is -0.314 e. The Kier molecular flexibility index (Phi) is 3.86. The molecule has 6 heteroatoms. The maximum Gasteiger partial charge on any atom is 0.268 e. The second kappa shape index (κ2) is 6.03. The molecule has 1 aliphatic heterocycles. The van der Waals surface area contributed by atoms with Crippen LogP contribution in [0.3, 0.4) is 0 Å². The molecule has 1 aromatic carbocycles. The summed E-state index contributed by atoms with van der Waals surface area (Å²) in [6.07, 6.45) is 6.53. The monoisotopic (exact) mass is 341 g/mol. The van der Waals surface area contributed by atoms with Crippen LogP contribution >= 0.6 is 0 Å². The second-order valence-electron chi connectivity index (χ2n) is 6.14. The van der Waals surface area contributed by atoms with E-state index >= 15 is 0 Å². The predicted octanol–water partition coefficient (Wildman–Crippen LogP) is 2.57. The van der Waals surface area contributed by atoms with E-state index in [0.717, 1.165) is 30.5 Å². The quantitative estimate of drug-likeness (QED) is 0.792. The maximum absolute atomic E-state index is 13.0. The van der Waals surface area contributed by atoms with Crippen LogP contribution in [0.1, 0.15) is 18.4 Å². The van der Waals surface area contributed by atoms with Crippen molar-refractivity contribution in [1.82, 2.24) is 14.3 Å². The topological polar surface area (TPSA) is 64.0 Å². The first-order valence-electron chi connectivity index (χ1n) is 8.15. The number of pyridine rings is 1. The molecule has 4 rings (SSSR count). The fourth-order valence-corrected chi connectivity index (χ4v) is 4.75. The highest BCUT2D eigenvalue weighted by Crippen LogP contribution is 2.26. The lowest BCUT2D eigenvalue weighted by molar-refractivity contribution is 0.587. The summed E-state index contributed by atoms with van der Waals surface area (Å²) < 4.78 is 27.4. The van der Waals surface area contributed by atoms with Gasteiger partial charge in [0.15, 0.2) is 0 Å². The first-order chi connectivity index (χ1) is 11.7. The van der Waals surface area contributed by atoms with Gasteiger partial charge in [0, 0.05) is 18.4 Å². The van der Waals surface area contributed by atoms with Gasteiger partial charge in [0.2, 0.25) is 0 Å². The molecule has 0 unspecified atom stereocenters. The standard InChI is InChI=1S/C18H19N3O2S/c22-24(23,16-7-2-1-3-8-16)21-13-14(12-15-6-4-10-19-15)18-17(21)9-5-11-20-18/h1-3,5,7-9,11,13,15,19H,4,6,10,12H2/t15-/m0/s1. The van der Waals surface area contributed by atoms with E-state index in [2.05, 4.69) is 10.3 Å². The first-order valence-corrected chi connectivity index (χ1v) is 9.59. The second-order valence-corrected chi connectivity index (χ2v) is 7.95. The minimum atomic E-state index is -3.62. The average molecular weight is 341 g/mol. The molecule has 1 saturated heterocycles. The lowest BCUT2D eigenvalue weighted by Gasteiger charge is -2.08. The summed E-state index contributed by atoms with van der Waals surface area (Å²) in [4.78, 5) is 4.73. The number of nitrogens with one attached hydrogen (secondary N) is 1. The molecule has 1 aliphatic rings. The summed E-state index contributed by atoms with van der Waals surface area (Å²) in [5.74, 6) is 0. The van der Waals surface area contributed by atoms with Crippen molar-refractivity contribution in [2.75, 3.05) is 6.54 Å². The highest BCUT2D eigenvalue weighted by Gasteiger charge is 2.23. The summed E-state index contributed by atoms with van der Waals surface area (Å²) in [5.41, 5.74) is 2.38. The zero-order valence-electron chi connectivity index (χ0n) is 13.2. The number of benzene rings is 1. The predicted molar refractivity (Wildman–Crippen MR) is 93.5 cm³/mol. The van der Waals surface area contributed by atoms with Crippen molar-refractivity contribution in [3.63, 3.8) is 0 Å². The van der Waals surface area contributed by atoms with Crippen LogP contribution in [0, 0.1) is 0 Å². The van der Waals surface area contributed by atoms with Crippen molar-refractivity contribution in [2.45, 2.75) is 30.2 Å². The van der Waals surface area contributed by atoms with E-state index < -0.39 is 10.0 Å². The smallest absolute Gasteiger partial charge is 0.268 e. The molecule has 1 N–H and O–H groups in total. The molecule has 124 valence electrons. The Morgan fingerprint density at radius 2 is 2.00 bits per heavy atom.